The number of ether oxygens (including phenoxy) is 1. The number of nitrogens with one attached hydrogen (secondary N) is 6. The van der Waals surface area contributed by atoms with Gasteiger partial charge in [0.25, 0.3) is 0 Å². The topological polar surface area (TPSA) is 397 Å². The lowest BCUT2D eigenvalue weighted by Crippen LogP contribution is -2.57. The Morgan fingerprint density at radius 2 is 1.29 bits per heavy atom. The Bertz CT molecular complexity index is 2730. The number of guanidine groups is 1. The maximum atomic E-state index is 14.7. The van der Waals surface area contributed by atoms with Gasteiger partial charge in [-0.1, -0.05) is 125 Å². The number of aliphatic hydroxyl groups excluding tert-OH is 1. The molecule has 0 aromatic heterocycles. The fraction of sp³-hybridized carbons (Fsp3) is 0.716. The molecule has 0 bridgehead atoms. The number of amides is 7. The molecule has 3 rings (SSSR count). The SMILES string of the molecule is CC[C@H](Cc1ccccc1)C(=O)N[C@H](C(=O)C[C@@H](CCCN=C(N)N)C(=O)N[C@H](CCC(N)=O)C(=O)C[C@@H](C(=O)N[C@H](C(=O)C[C@@H](CO)C(=O)N[C@H]1C(=O)C[C@@H](C)C(=O)NC2(CC2CC(C)F)C(=O)N[C@@H]([C@@H](C)CC)C(=O)O[C@H]1C)[C@@H](C)CC)[C@@H](C)CC)[C@@H](C)CC. The zero-order valence-electron chi connectivity index (χ0n) is 56.2. The van der Waals surface area contributed by atoms with Crippen molar-refractivity contribution in [1.82, 2.24) is 31.9 Å². The molecule has 2 fully saturated rings. The van der Waals surface area contributed by atoms with Crippen LogP contribution in [0.5, 0.6) is 0 Å². The van der Waals surface area contributed by atoms with Gasteiger partial charge in [0.05, 0.1) is 36.8 Å². The van der Waals surface area contributed by atoms with Crippen molar-refractivity contribution in [3.05, 3.63) is 35.9 Å². The van der Waals surface area contributed by atoms with E-state index in [2.05, 4.69) is 36.9 Å². The normalized spacial score (nSPS) is 23.3. The number of primary amides is 1. The number of carbonyl (C=O) groups excluding carboxylic acids is 12. The average Bonchev–Trinajstić information content (AvgIpc) is 1.58. The Balaban J connectivity index is 1.92. The number of rotatable bonds is 38. The highest BCUT2D eigenvalue weighted by Gasteiger charge is 2.62. The first-order chi connectivity index (χ1) is 43.3. The number of esters is 1. The van der Waals surface area contributed by atoms with Gasteiger partial charge in [0, 0.05) is 62.3 Å². The summed E-state index contributed by atoms with van der Waals surface area (Å²) in [6.07, 6.45) is -2.49. The maximum Gasteiger partial charge on any atom is 0.329 e. The summed E-state index contributed by atoms with van der Waals surface area (Å²) in [7, 11) is 0. The molecule has 1 aromatic rings. The first kappa shape index (κ1) is 79.1. The molecule has 92 heavy (non-hydrogen) atoms. The number of cyclic esters (lactones) is 1. The second-order valence-corrected chi connectivity index (χ2v) is 26.0. The van der Waals surface area contributed by atoms with Crippen LogP contribution >= 0.6 is 0 Å². The van der Waals surface area contributed by atoms with Gasteiger partial charge in [0.2, 0.25) is 41.4 Å². The van der Waals surface area contributed by atoms with Crippen LogP contribution in [0.25, 0.3) is 0 Å². The van der Waals surface area contributed by atoms with Gasteiger partial charge in [-0.25, -0.2) is 9.18 Å². The number of ketones is 4. The lowest BCUT2D eigenvalue weighted by atomic mass is 9.83. The van der Waals surface area contributed by atoms with Crippen molar-refractivity contribution in [2.75, 3.05) is 13.2 Å². The lowest BCUT2D eigenvalue weighted by Gasteiger charge is -2.31. The fourth-order valence-corrected chi connectivity index (χ4v) is 11.7. The highest BCUT2D eigenvalue weighted by molar-refractivity contribution is 6.01. The Kier molecular flexibility index (Phi) is 32.8. The van der Waals surface area contributed by atoms with Gasteiger partial charge in [-0.3, -0.25) is 57.7 Å². The molecule has 1 saturated carbocycles. The number of hydrogen-bond acceptors (Lipinski definition) is 15. The van der Waals surface area contributed by atoms with Gasteiger partial charge in [0.1, 0.15) is 23.7 Å². The van der Waals surface area contributed by atoms with Gasteiger partial charge < -0.3 is 58.9 Å². The Morgan fingerprint density at radius 3 is 1.83 bits per heavy atom. The van der Waals surface area contributed by atoms with Crippen molar-refractivity contribution in [3.8, 4) is 0 Å². The molecule has 1 saturated heterocycles. The lowest BCUT2D eigenvalue weighted by molar-refractivity contribution is -0.157. The Labute approximate surface area is 542 Å². The summed E-state index contributed by atoms with van der Waals surface area (Å²) in [6.45, 7) is 19.3. The zero-order valence-corrected chi connectivity index (χ0v) is 56.2. The molecule has 24 nitrogen and oxygen atoms in total. The predicted octanol–water partition coefficient (Wildman–Crippen LogP) is 4.06. The van der Waals surface area contributed by atoms with Gasteiger partial charge in [0.15, 0.2) is 29.1 Å². The third-order valence-electron chi connectivity index (χ3n) is 18.8. The van der Waals surface area contributed by atoms with Crippen LogP contribution in [0.4, 0.5) is 4.39 Å². The smallest absolute Gasteiger partial charge is 0.329 e. The van der Waals surface area contributed by atoms with Crippen LogP contribution in [0.1, 0.15) is 185 Å². The van der Waals surface area contributed by atoms with E-state index in [1.165, 1.54) is 20.8 Å². The molecule has 3 unspecified atom stereocenters. The predicted molar refractivity (Wildman–Crippen MR) is 345 cm³/mol. The minimum atomic E-state index is -1.62. The quantitative estimate of drug-likeness (QED) is 0.0193. The molecule has 1 aliphatic heterocycles. The summed E-state index contributed by atoms with van der Waals surface area (Å²) in [5, 5.41) is 27.2. The number of aliphatic imine (C=N–C) groups is 1. The second-order valence-electron chi connectivity index (χ2n) is 26.0. The van der Waals surface area contributed by atoms with E-state index in [0.29, 0.717) is 38.5 Å². The number of Topliss-reactive ketones (excluding diaryl/α,β-unsaturated/α-hetero) is 4. The number of carbonyl (C=O) groups is 12. The van der Waals surface area contributed by atoms with Crippen LogP contribution in [0, 0.1) is 59.2 Å². The monoisotopic (exact) mass is 1290 g/mol. The molecular formula is C67H107FN10O14. The summed E-state index contributed by atoms with van der Waals surface area (Å²) in [4.78, 5) is 173. The third-order valence-corrected chi connectivity index (χ3v) is 18.8. The summed E-state index contributed by atoms with van der Waals surface area (Å²) >= 11 is 0. The molecule has 13 N–H and O–H groups in total. The number of benzene rings is 1. The zero-order chi connectivity index (χ0) is 69.3. The van der Waals surface area contributed by atoms with Crippen LogP contribution < -0.4 is 49.1 Å². The molecule has 18 atom stereocenters. The minimum Gasteiger partial charge on any atom is -0.458 e. The molecule has 1 spiro atoms. The highest BCUT2D eigenvalue weighted by Crippen LogP contribution is 2.48. The number of nitrogens with zero attached hydrogens (tertiary/aromatic N) is 1. The first-order valence-corrected chi connectivity index (χ1v) is 33.1. The molecule has 1 aromatic carbocycles. The van der Waals surface area contributed by atoms with Crippen molar-refractivity contribution in [3.63, 3.8) is 0 Å². The van der Waals surface area contributed by atoms with E-state index in [0.717, 1.165) is 5.56 Å². The number of halogens is 1. The standard InChI is InChI=1S/C67H107FN10O14/c1-13-36(6)48(33-50(80)49(25-26-54(69)84)73-61(87)45(24-21-27-72-66(70)71)31-52(82)55(37(7)14-2)74-60(86)44(17-5)30-43-22-19-18-20-23-43)63(89)75-56(38(8)15-3)53(83)32-46(35-79)62(88)76-58-42(12)92-64(90)57(39(9)16-4)77-65(91)67(34-47(67)29-41(11)68)78-59(85)40(10)28-51(58)81/h18-20,22-23,36-42,44-49,55-58,79H,13-17,21,24-35H2,1-12H3,(H2,69,84)(H,73,87)(H,74,86)(H,75,89)(H,76,88)(H,77,91)(H,78,85)(H4,70,71,72)/t36-,37-,38-,39-,40+,41?,42-,44+,45+,46-,47?,48+,49+,55-,56-,57-,58+,67?/m0/s1. The summed E-state index contributed by atoms with van der Waals surface area (Å²) in [5.74, 6) is -16.4. The van der Waals surface area contributed by atoms with Gasteiger partial charge in [-0.2, -0.15) is 0 Å². The van der Waals surface area contributed by atoms with Crippen molar-refractivity contribution in [2.24, 2.45) is 81.4 Å². The second kappa shape index (κ2) is 38.1. The minimum absolute atomic E-state index is 0.0476. The van der Waals surface area contributed by atoms with Crippen LogP contribution in [-0.2, 0) is 68.7 Å². The van der Waals surface area contributed by atoms with E-state index in [9.17, 15) is 67.0 Å². The molecule has 0 radical (unpaired) electrons. The first-order valence-electron chi connectivity index (χ1n) is 33.1. The summed E-state index contributed by atoms with van der Waals surface area (Å²) in [6, 6.07) is 2.93. The molecule has 1 heterocycles. The molecule has 1 aliphatic carbocycles. The maximum absolute atomic E-state index is 14.7. The van der Waals surface area contributed by atoms with Crippen LogP contribution in [0.15, 0.2) is 35.3 Å². The van der Waals surface area contributed by atoms with E-state index in [4.69, 9.17) is 21.9 Å². The van der Waals surface area contributed by atoms with E-state index >= 15 is 0 Å². The highest BCUT2D eigenvalue weighted by atomic mass is 19.1. The van der Waals surface area contributed by atoms with Crippen molar-refractivity contribution in [1.29, 1.82) is 0 Å². The summed E-state index contributed by atoms with van der Waals surface area (Å²) < 4.78 is 20.1. The van der Waals surface area contributed by atoms with Crippen LogP contribution in [0.2, 0.25) is 0 Å². The fourth-order valence-electron chi connectivity index (χ4n) is 11.7. The number of nitrogens with two attached hydrogens (primary N) is 3. The van der Waals surface area contributed by atoms with E-state index in [1.807, 2.05) is 51.1 Å². The summed E-state index contributed by atoms with van der Waals surface area (Å²) in [5.41, 5.74) is 16.2. The number of aliphatic hydroxyl groups is 1. The molecular weight excluding hydrogens is 1190 g/mol. The van der Waals surface area contributed by atoms with Gasteiger partial charge in [-0.05, 0) is 93.9 Å². The molecule has 25 heteroatoms. The van der Waals surface area contributed by atoms with E-state index in [1.54, 1.807) is 41.5 Å². The Morgan fingerprint density at radius 1 is 0.717 bits per heavy atom. The average molecular weight is 1300 g/mol. The van der Waals surface area contributed by atoms with Gasteiger partial charge >= 0.3 is 5.97 Å². The largest absolute Gasteiger partial charge is 0.458 e. The Hall–Kier alpha value is -7.18. The van der Waals surface area contributed by atoms with E-state index < -0.39 is 192 Å². The molecule has 516 valence electrons. The van der Waals surface area contributed by atoms with Crippen LogP contribution in [0.3, 0.4) is 0 Å². The number of alkyl halides is 1. The number of hydrogen-bond donors (Lipinski definition) is 10. The van der Waals surface area contributed by atoms with Crippen molar-refractivity contribution in [2.45, 2.75) is 234 Å². The molecule has 2 aliphatic rings. The molecule has 7 amide bonds. The third kappa shape index (κ3) is 23.7. The van der Waals surface area contributed by atoms with Crippen molar-refractivity contribution < 1.29 is 71.8 Å². The van der Waals surface area contributed by atoms with E-state index in [-0.39, 0.29) is 69.3 Å². The van der Waals surface area contributed by atoms with Gasteiger partial charge in [-0.15, -0.1) is 0 Å². The van der Waals surface area contributed by atoms with Crippen LogP contribution in [-0.4, -0.2) is 143 Å². The van der Waals surface area contributed by atoms with Crippen molar-refractivity contribution >= 4 is 76.4 Å².